The summed E-state index contributed by atoms with van der Waals surface area (Å²) < 4.78 is 71.1. The van der Waals surface area contributed by atoms with E-state index in [1.54, 1.807) is 60.4 Å². The normalized spacial score (nSPS) is 18.4. The predicted molar refractivity (Wildman–Crippen MR) is 184 cm³/mol. The number of ether oxygens (including phenoxy) is 5. The third kappa shape index (κ3) is 8.07. The van der Waals surface area contributed by atoms with E-state index in [2.05, 4.69) is 4.98 Å². The first kappa shape index (κ1) is 36.4. The van der Waals surface area contributed by atoms with E-state index in [9.17, 15) is 18.4 Å². The Labute approximate surface area is 299 Å². The highest BCUT2D eigenvalue weighted by Crippen LogP contribution is 2.57. The molecule has 12 heteroatoms. The van der Waals surface area contributed by atoms with Gasteiger partial charge in [-0.2, -0.15) is 8.78 Å². The highest BCUT2D eigenvalue weighted by molar-refractivity contribution is 5.98. The molecule has 4 aromatic rings. The second kappa shape index (κ2) is 16.3. The Hall–Kier alpha value is -5.36. The van der Waals surface area contributed by atoms with Crippen molar-refractivity contribution >= 4 is 12.3 Å². The van der Waals surface area contributed by atoms with Crippen molar-refractivity contribution in [3.63, 3.8) is 0 Å². The number of carbonyl (C=O) groups excluding carboxylic acids is 2. The number of rotatable bonds is 17. The Morgan fingerprint density at radius 2 is 1.75 bits per heavy atom. The molecule has 52 heavy (non-hydrogen) atoms. The zero-order valence-electron chi connectivity index (χ0n) is 28.8. The van der Waals surface area contributed by atoms with E-state index in [4.69, 9.17) is 23.7 Å². The summed E-state index contributed by atoms with van der Waals surface area (Å²) in [5, 5.41) is 0. The minimum atomic E-state index is -3.11. The molecule has 2 heterocycles. The number of carbonyl (C=O) groups is 2. The van der Waals surface area contributed by atoms with Gasteiger partial charge in [-0.1, -0.05) is 60.7 Å². The third-order valence-electron chi connectivity index (χ3n) is 9.10. The average Bonchev–Trinajstić information content (AvgIpc) is 3.92. The van der Waals surface area contributed by atoms with E-state index in [0.29, 0.717) is 23.4 Å². The highest BCUT2D eigenvalue weighted by Gasteiger charge is 2.57. The summed E-state index contributed by atoms with van der Waals surface area (Å²) in [6.45, 7) is -1.48. The first-order valence-electron chi connectivity index (χ1n) is 17.0. The van der Waals surface area contributed by atoms with Gasteiger partial charge in [0, 0.05) is 23.6 Å². The van der Waals surface area contributed by atoms with Gasteiger partial charge in [-0.25, -0.2) is 14.2 Å². The number of halogens is 3. The van der Waals surface area contributed by atoms with Gasteiger partial charge in [0.2, 0.25) is 5.88 Å². The van der Waals surface area contributed by atoms with Crippen molar-refractivity contribution in [1.82, 2.24) is 9.88 Å². The predicted octanol–water partition coefficient (Wildman–Crippen LogP) is 7.39. The molecule has 9 nitrogen and oxygen atoms in total. The number of esters is 1. The molecule has 6 rings (SSSR count). The van der Waals surface area contributed by atoms with Gasteiger partial charge in [-0.15, -0.1) is 0 Å². The number of alkyl halides is 2. The van der Waals surface area contributed by atoms with E-state index in [-0.39, 0.29) is 67.2 Å². The van der Waals surface area contributed by atoms with E-state index < -0.39 is 29.9 Å². The summed E-state index contributed by atoms with van der Waals surface area (Å²) in [5.74, 6) is -1.08. The molecule has 0 N–H and O–H groups in total. The zero-order chi connectivity index (χ0) is 36.7. The number of hydrogen-bond donors (Lipinski definition) is 0. The SMILES string of the molecule is CCOC(=O)C1=C(C=O)N(COCc2ccccc2)C(c2ccc(OC(F)F)c(OC3CC3)c2)C1(Cc1cccc(OC)n1)Cc1ccccc1F. The van der Waals surface area contributed by atoms with E-state index in [0.717, 1.165) is 18.4 Å². The molecule has 2 unspecified atom stereocenters. The largest absolute Gasteiger partial charge is 0.487 e. The van der Waals surface area contributed by atoms with Crippen molar-refractivity contribution in [2.75, 3.05) is 20.4 Å². The monoisotopic (exact) mass is 716 g/mol. The Kier molecular flexibility index (Phi) is 11.4. The Balaban J connectivity index is 1.59. The summed E-state index contributed by atoms with van der Waals surface area (Å²) in [7, 11) is 1.48. The molecule has 1 aromatic heterocycles. The van der Waals surface area contributed by atoms with Crippen LogP contribution in [0.15, 0.2) is 102 Å². The smallest absolute Gasteiger partial charge is 0.387 e. The van der Waals surface area contributed by atoms with Crippen molar-refractivity contribution in [3.8, 4) is 17.4 Å². The molecule has 2 atom stereocenters. The summed E-state index contributed by atoms with van der Waals surface area (Å²) >= 11 is 0. The van der Waals surface area contributed by atoms with Gasteiger partial charge < -0.3 is 28.6 Å². The minimum Gasteiger partial charge on any atom is -0.487 e. The third-order valence-corrected chi connectivity index (χ3v) is 9.10. The Morgan fingerprint density at radius 1 is 0.981 bits per heavy atom. The quantitative estimate of drug-likeness (QED) is 0.0819. The lowest BCUT2D eigenvalue weighted by atomic mass is 9.66. The summed E-state index contributed by atoms with van der Waals surface area (Å²) in [6.07, 6.45) is 1.76. The molecule has 1 aliphatic heterocycles. The first-order valence-corrected chi connectivity index (χ1v) is 17.0. The number of nitrogens with zero attached hydrogens (tertiary/aromatic N) is 2. The van der Waals surface area contributed by atoms with Crippen LogP contribution < -0.4 is 14.2 Å². The summed E-state index contributed by atoms with van der Waals surface area (Å²) in [5.41, 5.74) is 0.609. The van der Waals surface area contributed by atoms with Crippen LogP contribution in [0.1, 0.15) is 48.2 Å². The van der Waals surface area contributed by atoms with Crippen molar-refractivity contribution < 1.29 is 46.4 Å². The zero-order valence-corrected chi connectivity index (χ0v) is 28.8. The van der Waals surface area contributed by atoms with Gasteiger partial charge in [0.15, 0.2) is 17.8 Å². The van der Waals surface area contributed by atoms with Gasteiger partial charge >= 0.3 is 12.6 Å². The Bertz CT molecular complexity index is 1900. The molecule has 0 saturated heterocycles. The van der Waals surface area contributed by atoms with Gasteiger partial charge in [-0.05, 0) is 67.1 Å². The molecule has 0 spiro atoms. The van der Waals surface area contributed by atoms with Crippen molar-refractivity contribution in [1.29, 1.82) is 0 Å². The van der Waals surface area contributed by atoms with Crippen LogP contribution in [0.3, 0.4) is 0 Å². The van der Waals surface area contributed by atoms with Crippen LogP contribution in [0.25, 0.3) is 0 Å². The summed E-state index contributed by atoms with van der Waals surface area (Å²) in [4.78, 5) is 33.9. The molecule has 3 aromatic carbocycles. The topological polar surface area (TPSA) is 96.4 Å². The number of aldehydes is 1. The van der Waals surface area contributed by atoms with Gasteiger partial charge in [0.05, 0.1) is 43.7 Å². The Morgan fingerprint density at radius 3 is 2.44 bits per heavy atom. The summed E-state index contributed by atoms with van der Waals surface area (Å²) in [6, 6.07) is 24.4. The lowest BCUT2D eigenvalue weighted by Crippen LogP contribution is -2.41. The molecule has 0 bridgehead atoms. The fourth-order valence-electron chi connectivity index (χ4n) is 6.84. The van der Waals surface area contributed by atoms with Crippen molar-refractivity contribution in [2.24, 2.45) is 5.41 Å². The molecule has 0 radical (unpaired) electrons. The van der Waals surface area contributed by atoms with E-state index in [1.807, 2.05) is 30.3 Å². The van der Waals surface area contributed by atoms with Crippen LogP contribution in [0.4, 0.5) is 13.2 Å². The second-order valence-electron chi connectivity index (χ2n) is 12.6. The molecular formula is C40H39F3N2O7. The number of benzene rings is 3. The number of methoxy groups -OCH3 is 1. The second-order valence-corrected chi connectivity index (χ2v) is 12.6. The number of allylic oxidation sites excluding steroid dienone is 1. The lowest BCUT2D eigenvalue weighted by Gasteiger charge is -2.41. The highest BCUT2D eigenvalue weighted by atomic mass is 19.3. The molecule has 2 aliphatic rings. The van der Waals surface area contributed by atoms with Gasteiger partial charge in [0.1, 0.15) is 12.5 Å². The number of pyridine rings is 1. The van der Waals surface area contributed by atoms with Crippen LogP contribution in [0.2, 0.25) is 0 Å². The molecule has 1 saturated carbocycles. The standard InChI is InChI=1S/C40H39F3N2O7/c1-3-50-38(47)36-32(23-46)45(25-49-24-26-10-5-4-6-11-26)37(27-16-19-33(52-39(42)43)34(20-27)51-30-17-18-30)40(36,21-28-12-7-8-14-31(28)41)22-29-13-9-15-35(44-29)48-2/h4-16,19-20,23,30,37,39H,3,17-18,21-22,24-25H2,1-2H3. The first-order chi connectivity index (χ1) is 25.3. The van der Waals surface area contributed by atoms with Crippen molar-refractivity contribution in [3.05, 3.63) is 130 Å². The fraction of sp³-hybridized carbons (Fsp3) is 0.325. The number of hydrogen-bond acceptors (Lipinski definition) is 9. The van der Waals surface area contributed by atoms with Crippen molar-refractivity contribution in [2.45, 2.75) is 58.0 Å². The molecule has 1 aliphatic carbocycles. The van der Waals surface area contributed by atoms with Crippen LogP contribution in [-0.2, 0) is 38.5 Å². The molecule has 1 fully saturated rings. The van der Waals surface area contributed by atoms with Crippen LogP contribution in [-0.4, -0.2) is 55.3 Å². The number of aromatic nitrogens is 1. The average molecular weight is 717 g/mol. The van der Waals surface area contributed by atoms with Crippen LogP contribution in [0, 0.1) is 11.2 Å². The molecule has 272 valence electrons. The maximum atomic E-state index is 15.7. The maximum Gasteiger partial charge on any atom is 0.387 e. The minimum absolute atomic E-state index is 0.00201. The fourth-order valence-corrected chi connectivity index (χ4v) is 6.84. The molecule has 0 amide bonds. The van der Waals surface area contributed by atoms with Gasteiger partial charge in [-0.3, -0.25) is 4.79 Å². The maximum absolute atomic E-state index is 15.7. The molecular weight excluding hydrogens is 677 g/mol. The van der Waals surface area contributed by atoms with E-state index >= 15 is 4.39 Å². The van der Waals surface area contributed by atoms with Crippen LogP contribution in [0.5, 0.6) is 17.4 Å². The lowest BCUT2D eigenvalue weighted by molar-refractivity contribution is -0.140. The van der Waals surface area contributed by atoms with Gasteiger partial charge in [0.25, 0.3) is 0 Å². The van der Waals surface area contributed by atoms with E-state index in [1.165, 1.54) is 19.2 Å². The van der Waals surface area contributed by atoms with Crippen LogP contribution >= 0.6 is 0 Å².